The zero-order valence-corrected chi connectivity index (χ0v) is 13.9. The van der Waals surface area contributed by atoms with Gasteiger partial charge in [-0.05, 0) is 36.0 Å². The largest absolute Gasteiger partial charge is 0.304 e. The normalized spacial score (nSPS) is 14.7. The molecular weight excluding hydrogens is 254 g/mol. The molecule has 1 N–H and O–H groups in total. The van der Waals surface area contributed by atoms with Gasteiger partial charge in [0.1, 0.15) is 0 Å². The van der Waals surface area contributed by atoms with Gasteiger partial charge in [0.2, 0.25) is 0 Å². The molecule has 0 aromatic heterocycles. The summed E-state index contributed by atoms with van der Waals surface area (Å²) >= 11 is 0. The summed E-state index contributed by atoms with van der Waals surface area (Å²) in [6.07, 6.45) is 0. The summed E-state index contributed by atoms with van der Waals surface area (Å²) in [5.41, 5.74) is 4.27. The first-order chi connectivity index (χ1) is 9.88. The third-order valence-corrected chi connectivity index (χ3v) is 4.08. The van der Waals surface area contributed by atoms with Crippen LogP contribution in [0.1, 0.15) is 63.4 Å². The fourth-order valence-corrected chi connectivity index (χ4v) is 2.58. The van der Waals surface area contributed by atoms with Gasteiger partial charge < -0.3 is 5.32 Å². The van der Waals surface area contributed by atoms with Crippen molar-refractivity contribution in [3.63, 3.8) is 0 Å². The molecule has 2 aromatic rings. The summed E-state index contributed by atoms with van der Waals surface area (Å²) in [6, 6.07) is 20.3. The van der Waals surface area contributed by atoms with Crippen LogP contribution in [-0.2, 0) is 5.41 Å². The minimum absolute atomic E-state index is 0.215. The first kappa shape index (κ1) is 15.8. The van der Waals surface area contributed by atoms with Crippen molar-refractivity contribution in [2.24, 2.45) is 0 Å². The summed E-state index contributed by atoms with van der Waals surface area (Å²) in [6.45, 7) is 11.2. The number of nitrogens with one attached hydrogen (secondary N) is 1. The van der Waals surface area contributed by atoms with Crippen LogP contribution in [0, 0.1) is 0 Å². The molecule has 0 amide bonds. The van der Waals surface area contributed by atoms with E-state index in [1.165, 1.54) is 16.7 Å². The molecule has 2 aromatic carbocycles. The molecule has 0 saturated carbocycles. The van der Waals surface area contributed by atoms with E-state index in [9.17, 15) is 0 Å². The maximum absolute atomic E-state index is 3.67. The molecule has 21 heavy (non-hydrogen) atoms. The first-order valence-corrected chi connectivity index (χ1v) is 7.79. The Bertz CT molecular complexity index is 549. The van der Waals surface area contributed by atoms with Crippen molar-refractivity contribution in [2.45, 2.75) is 52.1 Å². The highest BCUT2D eigenvalue weighted by Crippen LogP contribution is 2.25. The van der Waals surface area contributed by atoms with E-state index in [0.29, 0.717) is 12.1 Å². The van der Waals surface area contributed by atoms with Crippen molar-refractivity contribution < 1.29 is 0 Å². The Kier molecular flexibility index (Phi) is 4.84. The molecule has 2 unspecified atom stereocenters. The predicted octanol–water partition coefficient (Wildman–Crippen LogP) is 5.40. The molecule has 0 saturated heterocycles. The van der Waals surface area contributed by atoms with Crippen molar-refractivity contribution in [1.82, 2.24) is 5.32 Å². The lowest BCUT2D eigenvalue weighted by Gasteiger charge is -2.23. The van der Waals surface area contributed by atoms with Gasteiger partial charge in [0.05, 0.1) is 0 Å². The Labute approximate surface area is 129 Å². The fourth-order valence-electron chi connectivity index (χ4n) is 2.58. The van der Waals surface area contributed by atoms with Crippen LogP contribution >= 0.6 is 0 Å². The molecule has 0 heterocycles. The second-order valence-electron chi connectivity index (χ2n) is 6.89. The molecule has 0 bridgehead atoms. The predicted molar refractivity (Wildman–Crippen MR) is 91.5 cm³/mol. The molecule has 0 fully saturated rings. The topological polar surface area (TPSA) is 12.0 Å². The average Bonchev–Trinajstić information content (AvgIpc) is 2.47. The van der Waals surface area contributed by atoms with Gasteiger partial charge in [0, 0.05) is 12.1 Å². The molecule has 1 heteroatoms. The zero-order chi connectivity index (χ0) is 15.5. The zero-order valence-electron chi connectivity index (χ0n) is 13.9. The lowest BCUT2D eigenvalue weighted by atomic mass is 9.86. The fraction of sp³-hybridized carbons (Fsp3) is 0.400. The van der Waals surface area contributed by atoms with Crippen LogP contribution in [0.4, 0.5) is 0 Å². The Morgan fingerprint density at radius 3 is 1.67 bits per heavy atom. The lowest BCUT2D eigenvalue weighted by molar-refractivity contribution is 0.494. The first-order valence-electron chi connectivity index (χ1n) is 7.79. The minimum Gasteiger partial charge on any atom is -0.304 e. The van der Waals surface area contributed by atoms with E-state index in [1.807, 2.05) is 0 Å². The van der Waals surface area contributed by atoms with Gasteiger partial charge in [0.25, 0.3) is 0 Å². The van der Waals surface area contributed by atoms with Crippen LogP contribution in [0.25, 0.3) is 0 Å². The number of benzene rings is 2. The van der Waals surface area contributed by atoms with E-state index in [4.69, 9.17) is 0 Å². The van der Waals surface area contributed by atoms with Crippen molar-refractivity contribution in [2.75, 3.05) is 0 Å². The van der Waals surface area contributed by atoms with E-state index < -0.39 is 0 Å². The standard InChI is InChI=1S/C20H27N/c1-15(17-9-7-6-8-10-17)21-16(2)18-11-13-19(14-12-18)20(3,4)5/h6-16,21H,1-5H3. The van der Waals surface area contributed by atoms with Gasteiger partial charge in [-0.3, -0.25) is 0 Å². The SMILES string of the molecule is CC(NC(C)c1ccc(C(C)(C)C)cc1)c1ccccc1. The third kappa shape index (κ3) is 4.18. The van der Waals surface area contributed by atoms with Gasteiger partial charge in [-0.25, -0.2) is 0 Å². The quantitative estimate of drug-likeness (QED) is 0.791. The van der Waals surface area contributed by atoms with Crippen LogP contribution in [-0.4, -0.2) is 0 Å². The Morgan fingerprint density at radius 1 is 0.714 bits per heavy atom. The minimum atomic E-state index is 0.215. The average molecular weight is 281 g/mol. The van der Waals surface area contributed by atoms with E-state index in [-0.39, 0.29) is 5.41 Å². The van der Waals surface area contributed by atoms with Crippen LogP contribution in [0.5, 0.6) is 0 Å². The molecule has 0 aliphatic rings. The van der Waals surface area contributed by atoms with Crippen LogP contribution in [0.2, 0.25) is 0 Å². The molecular formula is C20H27N. The molecule has 2 atom stereocenters. The molecule has 0 aliphatic heterocycles. The summed E-state index contributed by atoms with van der Waals surface area (Å²) in [4.78, 5) is 0. The molecule has 1 nitrogen and oxygen atoms in total. The highest BCUT2D eigenvalue weighted by atomic mass is 14.9. The molecule has 2 rings (SSSR count). The highest BCUT2D eigenvalue weighted by molar-refractivity contribution is 5.29. The van der Waals surface area contributed by atoms with Crippen molar-refractivity contribution in [3.05, 3.63) is 71.3 Å². The monoisotopic (exact) mass is 281 g/mol. The van der Waals surface area contributed by atoms with E-state index in [0.717, 1.165) is 0 Å². The van der Waals surface area contributed by atoms with E-state index in [2.05, 4.69) is 94.5 Å². The summed E-state index contributed by atoms with van der Waals surface area (Å²) in [7, 11) is 0. The Hall–Kier alpha value is -1.60. The van der Waals surface area contributed by atoms with Gasteiger partial charge in [-0.2, -0.15) is 0 Å². The van der Waals surface area contributed by atoms with Gasteiger partial charge in [0.15, 0.2) is 0 Å². The van der Waals surface area contributed by atoms with Gasteiger partial charge in [-0.1, -0.05) is 75.4 Å². The highest BCUT2D eigenvalue weighted by Gasteiger charge is 2.15. The van der Waals surface area contributed by atoms with Crippen molar-refractivity contribution >= 4 is 0 Å². The number of hydrogen-bond donors (Lipinski definition) is 1. The van der Waals surface area contributed by atoms with Crippen molar-refractivity contribution in [1.29, 1.82) is 0 Å². The Morgan fingerprint density at radius 2 is 1.19 bits per heavy atom. The second kappa shape index (κ2) is 6.44. The Balaban J connectivity index is 2.05. The molecule has 112 valence electrons. The van der Waals surface area contributed by atoms with E-state index >= 15 is 0 Å². The number of rotatable bonds is 4. The smallest absolute Gasteiger partial charge is 0.0297 e. The van der Waals surface area contributed by atoms with E-state index in [1.54, 1.807) is 0 Å². The van der Waals surface area contributed by atoms with Crippen LogP contribution in [0.3, 0.4) is 0 Å². The molecule has 0 radical (unpaired) electrons. The summed E-state index contributed by atoms with van der Waals surface area (Å²) in [5, 5.41) is 3.67. The van der Waals surface area contributed by atoms with Crippen LogP contribution in [0.15, 0.2) is 54.6 Å². The van der Waals surface area contributed by atoms with Crippen molar-refractivity contribution in [3.8, 4) is 0 Å². The van der Waals surface area contributed by atoms with Crippen LogP contribution < -0.4 is 5.32 Å². The second-order valence-corrected chi connectivity index (χ2v) is 6.89. The maximum Gasteiger partial charge on any atom is 0.0297 e. The summed E-state index contributed by atoms with van der Waals surface area (Å²) in [5.74, 6) is 0. The maximum atomic E-state index is 3.67. The lowest BCUT2D eigenvalue weighted by Crippen LogP contribution is -2.22. The molecule has 0 aliphatic carbocycles. The van der Waals surface area contributed by atoms with Gasteiger partial charge >= 0.3 is 0 Å². The summed E-state index contributed by atoms with van der Waals surface area (Å²) < 4.78 is 0. The molecule has 0 spiro atoms. The van der Waals surface area contributed by atoms with Gasteiger partial charge in [-0.15, -0.1) is 0 Å². The number of hydrogen-bond acceptors (Lipinski definition) is 1. The third-order valence-electron chi connectivity index (χ3n) is 4.08.